The second-order valence-electron chi connectivity index (χ2n) is 8.99. The van der Waals surface area contributed by atoms with E-state index in [1.54, 1.807) is 25.6 Å². The first-order chi connectivity index (χ1) is 19.6. The Hall–Kier alpha value is -3.14. The molecule has 3 aromatic carbocycles. The molecule has 4 aromatic rings. The van der Waals surface area contributed by atoms with Crippen molar-refractivity contribution < 1.29 is 23.7 Å². The van der Waals surface area contributed by atoms with E-state index in [1.165, 1.54) is 0 Å². The summed E-state index contributed by atoms with van der Waals surface area (Å²) in [5.74, 6) is 1.67. The van der Waals surface area contributed by atoms with Gasteiger partial charge in [-0.25, -0.2) is 4.98 Å². The number of nitrogens with zero attached hydrogens (tertiary/aromatic N) is 2. The minimum Gasteiger partial charge on any atom is -0.497 e. The van der Waals surface area contributed by atoms with Crippen LogP contribution in [0.3, 0.4) is 0 Å². The fourth-order valence-corrected chi connectivity index (χ4v) is 4.99. The van der Waals surface area contributed by atoms with E-state index >= 15 is 0 Å². The van der Waals surface area contributed by atoms with Crippen LogP contribution in [0.15, 0.2) is 78.2 Å². The first-order valence-corrected chi connectivity index (χ1v) is 14.3. The van der Waals surface area contributed by atoms with Crippen molar-refractivity contribution in [2.24, 2.45) is 0 Å². The second-order valence-corrected chi connectivity index (χ2v) is 10.2. The zero-order valence-corrected chi connectivity index (χ0v) is 24.5. The van der Waals surface area contributed by atoms with Gasteiger partial charge in [0.05, 0.1) is 59.6 Å². The Kier molecular flexibility index (Phi) is 12.1. The van der Waals surface area contributed by atoms with Gasteiger partial charge in [0.2, 0.25) is 0 Å². The predicted molar refractivity (Wildman–Crippen MR) is 160 cm³/mol. The van der Waals surface area contributed by atoms with Crippen LogP contribution in [0.2, 0.25) is 5.02 Å². The molecule has 0 saturated heterocycles. The lowest BCUT2D eigenvalue weighted by atomic mass is 10.1. The molecule has 1 heterocycles. The standard InChI is InChI=1S/C31H35ClN2O5S/c1-35-28-10-5-7-24(17-28)19-34(20-25-8-6-11-29(18-25)36-2)31-33-27(23-40-31)22-39-16-14-37-13-15-38-21-26-9-3-4-12-30(26)32/h3-12,17-18,23H,13-16,19-22H2,1-2H3. The van der Waals surface area contributed by atoms with Crippen LogP contribution in [0.1, 0.15) is 22.4 Å². The van der Waals surface area contributed by atoms with Gasteiger partial charge in [0.1, 0.15) is 11.5 Å². The van der Waals surface area contributed by atoms with Crippen molar-refractivity contribution >= 4 is 28.1 Å². The summed E-state index contributed by atoms with van der Waals surface area (Å²) in [4.78, 5) is 7.12. The Morgan fingerprint density at radius 2 is 1.32 bits per heavy atom. The molecule has 9 heteroatoms. The molecule has 212 valence electrons. The van der Waals surface area contributed by atoms with Crippen molar-refractivity contribution in [2.45, 2.75) is 26.3 Å². The molecule has 0 N–H and O–H groups in total. The Labute approximate surface area is 245 Å². The number of anilines is 1. The van der Waals surface area contributed by atoms with E-state index in [9.17, 15) is 0 Å². The summed E-state index contributed by atoms with van der Waals surface area (Å²) >= 11 is 7.75. The smallest absolute Gasteiger partial charge is 0.186 e. The topological polar surface area (TPSA) is 62.3 Å². The number of rotatable bonds is 17. The van der Waals surface area contributed by atoms with Gasteiger partial charge in [-0.05, 0) is 47.0 Å². The van der Waals surface area contributed by atoms with E-state index in [0.29, 0.717) is 57.8 Å². The van der Waals surface area contributed by atoms with Crippen molar-refractivity contribution in [3.8, 4) is 11.5 Å². The van der Waals surface area contributed by atoms with Gasteiger partial charge < -0.3 is 28.6 Å². The highest BCUT2D eigenvalue weighted by Gasteiger charge is 2.14. The molecule has 0 fully saturated rings. The molecule has 40 heavy (non-hydrogen) atoms. The molecule has 0 aliphatic heterocycles. The van der Waals surface area contributed by atoms with Crippen LogP contribution >= 0.6 is 22.9 Å². The monoisotopic (exact) mass is 582 g/mol. The Morgan fingerprint density at radius 3 is 1.95 bits per heavy atom. The van der Waals surface area contributed by atoms with Gasteiger partial charge >= 0.3 is 0 Å². The van der Waals surface area contributed by atoms with E-state index in [2.05, 4.69) is 29.2 Å². The Morgan fingerprint density at radius 1 is 0.725 bits per heavy atom. The van der Waals surface area contributed by atoms with Crippen molar-refractivity contribution in [1.29, 1.82) is 0 Å². The quantitative estimate of drug-likeness (QED) is 0.127. The van der Waals surface area contributed by atoms with Crippen molar-refractivity contribution in [3.05, 3.63) is 106 Å². The lowest BCUT2D eigenvalue weighted by Gasteiger charge is -2.22. The molecule has 0 saturated carbocycles. The van der Waals surface area contributed by atoms with Crippen LogP contribution in [0.25, 0.3) is 0 Å². The van der Waals surface area contributed by atoms with Crippen LogP contribution in [0.4, 0.5) is 5.13 Å². The number of methoxy groups -OCH3 is 2. The summed E-state index contributed by atoms with van der Waals surface area (Å²) in [7, 11) is 3.36. The highest BCUT2D eigenvalue weighted by molar-refractivity contribution is 7.13. The van der Waals surface area contributed by atoms with Crippen LogP contribution in [0, 0.1) is 0 Å². The average molecular weight is 583 g/mol. The number of hydrogen-bond donors (Lipinski definition) is 0. The molecule has 0 unspecified atom stereocenters. The number of aromatic nitrogens is 1. The number of thiazole rings is 1. The molecule has 0 atom stereocenters. The van der Waals surface area contributed by atoms with Gasteiger partial charge in [-0.3, -0.25) is 0 Å². The summed E-state index contributed by atoms with van der Waals surface area (Å²) in [6.45, 7) is 4.24. The number of benzene rings is 3. The van der Waals surface area contributed by atoms with Crippen molar-refractivity contribution in [3.63, 3.8) is 0 Å². The highest BCUT2D eigenvalue weighted by atomic mass is 35.5. The lowest BCUT2D eigenvalue weighted by Crippen LogP contribution is -2.22. The third-order valence-corrected chi connectivity index (χ3v) is 7.35. The van der Waals surface area contributed by atoms with Crippen LogP contribution in [-0.2, 0) is 40.5 Å². The van der Waals surface area contributed by atoms with Gasteiger partial charge in [-0.15, -0.1) is 11.3 Å². The summed E-state index contributed by atoms with van der Waals surface area (Å²) < 4.78 is 27.9. The minimum atomic E-state index is 0.426. The molecule has 0 spiro atoms. The summed E-state index contributed by atoms with van der Waals surface area (Å²) in [6, 6.07) is 23.9. The maximum absolute atomic E-state index is 6.14. The number of ether oxygens (including phenoxy) is 5. The maximum atomic E-state index is 6.14. The van der Waals surface area contributed by atoms with Gasteiger partial charge in [0, 0.05) is 23.5 Å². The Bertz CT molecular complexity index is 1270. The second kappa shape index (κ2) is 16.2. The van der Waals surface area contributed by atoms with E-state index in [4.69, 9.17) is 40.3 Å². The molecule has 0 radical (unpaired) electrons. The maximum Gasteiger partial charge on any atom is 0.186 e. The Balaban J connectivity index is 1.24. The van der Waals surface area contributed by atoms with Gasteiger partial charge in [0.25, 0.3) is 0 Å². The molecule has 0 amide bonds. The molecule has 7 nitrogen and oxygen atoms in total. The lowest BCUT2D eigenvalue weighted by molar-refractivity contribution is 0.00662. The van der Waals surface area contributed by atoms with Crippen LogP contribution in [0.5, 0.6) is 11.5 Å². The number of halogens is 1. The fraction of sp³-hybridized carbons (Fsp3) is 0.323. The summed E-state index contributed by atoms with van der Waals surface area (Å²) in [5, 5.41) is 3.69. The SMILES string of the molecule is COc1cccc(CN(Cc2cccc(OC)c2)c2nc(COCCOCCOCc3ccccc3Cl)cs2)c1. The van der Waals surface area contributed by atoms with Gasteiger partial charge in [0.15, 0.2) is 5.13 Å². The molecule has 4 rings (SSSR count). The normalized spacial score (nSPS) is 11.0. The van der Waals surface area contributed by atoms with E-state index in [-0.39, 0.29) is 0 Å². The van der Waals surface area contributed by atoms with E-state index < -0.39 is 0 Å². The largest absolute Gasteiger partial charge is 0.497 e. The molecule has 0 aliphatic rings. The zero-order chi connectivity index (χ0) is 28.0. The zero-order valence-electron chi connectivity index (χ0n) is 22.9. The average Bonchev–Trinajstić information content (AvgIpc) is 3.46. The highest BCUT2D eigenvalue weighted by Crippen LogP contribution is 2.27. The van der Waals surface area contributed by atoms with E-state index in [0.717, 1.165) is 39.0 Å². The van der Waals surface area contributed by atoms with Crippen molar-refractivity contribution in [2.75, 3.05) is 45.5 Å². The third-order valence-electron chi connectivity index (χ3n) is 6.03. The van der Waals surface area contributed by atoms with Gasteiger partial charge in [-0.1, -0.05) is 54.1 Å². The minimum absolute atomic E-state index is 0.426. The van der Waals surface area contributed by atoms with Crippen LogP contribution < -0.4 is 14.4 Å². The molecule has 0 bridgehead atoms. The summed E-state index contributed by atoms with van der Waals surface area (Å²) in [5.41, 5.74) is 4.15. The van der Waals surface area contributed by atoms with Crippen LogP contribution in [-0.4, -0.2) is 45.6 Å². The number of hydrogen-bond acceptors (Lipinski definition) is 8. The van der Waals surface area contributed by atoms with Gasteiger partial charge in [-0.2, -0.15) is 0 Å². The molecular formula is C31H35ClN2O5S. The first-order valence-electron chi connectivity index (χ1n) is 13.1. The third kappa shape index (κ3) is 9.50. The fourth-order valence-electron chi connectivity index (χ4n) is 3.99. The predicted octanol–water partition coefficient (Wildman–Crippen LogP) is 6.77. The first kappa shape index (κ1) is 29.8. The summed E-state index contributed by atoms with van der Waals surface area (Å²) in [6.07, 6.45) is 0. The van der Waals surface area contributed by atoms with Crippen molar-refractivity contribution in [1.82, 2.24) is 4.98 Å². The molecule has 0 aliphatic carbocycles. The molecular weight excluding hydrogens is 548 g/mol. The molecule has 1 aromatic heterocycles. The van der Waals surface area contributed by atoms with E-state index in [1.807, 2.05) is 53.9 Å².